The number of hydrogen-bond donors (Lipinski definition) is 0. The van der Waals surface area contributed by atoms with Crippen LogP contribution in [0.4, 0.5) is 5.69 Å². The van der Waals surface area contributed by atoms with Gasteiger partial charge in [-0.1, -0.05) is 11.6 Å². The number of hydrogen-bond acceptors (Lipinski definition) is 2. The van der Waals surface area contributed by atoms with Crippen molar-refractivity contribution in [1.82, 2.24) is 4.98 Å². The van der Waals surface area contributed by atoms with Crippen molar-refractivity contribution in [3.8, 4) is 12.3 Å². The zero-order chi connectivity index (χ0) is 11.7. The monoisotopic (exact) mass is 298 g/mol. The number of nitrogens with zero attached hydrogens (tertiary/aromatic N) is 2. The van der Waals surface area contributed by atoms with Gasteiger partial charge in [0.25, 0.3) is 0 Å². The fourth-order valence-corrected chi connectivity index (χ4v) is 2.07. The zero-order valence-corrected chi connectivity index (χ0v) is 10.6. The molecule has 16 heavy (non-hydrogen) atoms. The molecule has 2 rings (SSSR count). The lowest BCUT2D eigenvalue weighted by atomic mass is 10.1. The fraction of sp³-hybridized carbons (Fsp3) is 0.273. The molecule has 82 valence electrons. The summed E-state index contributed by atoms with van der Waals surface area (Å²) in [6, 6.07) is 1.77. The van der Waals surface area contributed by atoms with E-state index in [9.17, 15) is 4.79 Å². The van der Waals surface area contributed by atoms with Crippen molar-refractivity contribution in [2.45, 2.75) is 6.42 Å². The van der Waals surface area contributed by atoms with Crippen LogP contribution in [0, 0.1) is 18.3 Å². The Morgan fingerprint density at radius 3 is 3.00 bits per heavy atom. The molecular formula is C11H8BrClN2O. The topological polar surface area (TPSA) is 33.2 Å². The molecule has 1 aliphatic rings. The highest BCUT2D eigenvalue weighted by Gasteiger charge is 2.29. The standard InChI is InChI=1S/C11H8BrClN2O/c1-2-7-3-10(16)15(6-7)8-4-9(12)11(13)14-5-8/h1,4-5,7H,3,6H2. The van der Waals surface area contributed by atoms with E-state index < -0.39 is 0 Å². The Hall–Kier alpha value is -1.05. The van der Waals surface area contributed by atoms with E-state index >= 15 is 0 Å². The fourth-order valence-electron chi connectivity index (χ4n) is 1.63. The third kappa shape index (κ3) is 2.06. The second-order valence-corrected chi connectivity index (χ2v) is 4.75. The molecule has 5 heteroatoms. The van der Waals surface area contributed by atoms with Crippen LogP contribution in [-0.4, -0.2) is 17.4 Å². The predicted octanol–water partition coefficient (Wildman–Crippen LogP) is 2.48. The minimum atomic E-state index is -0.0121. The first-order valence-corrected chi connectivity index (χ1v) is 5.86. The van der Waals surface area contributed by atoms with Crippen LogP contribution in [-0.2, 0) is 4.79 Å². The molecule has 2 heterocycles. The average molecular weight is 300 g/mol. The summed E-state index contributed by atoms with van der Waals surface area (Å²) in [7, 11) is 0. The second-order valence-electron chi connectivity index (χ2n) is 3.54. The number of halogens is 2. The van der Waals surface area contributed by atoms with Crippen molar-refractivity contribution < 1.29 is 4.79 Å². The Kier molecular flexibility index (Phi) is 3.17. The number of aromatic nitrogens is 1. The molecule has 1 amide bonds. The number of carbonyl (C=O) groups excluding carboxylic acids is 1. The molecule has 1 aliphatic heterocycles. The highest BCUT2D eigenvalue weighted by Crippen LogP contribution is 2.29. The van der Waals surface area contributed by atoms with Gasteiger partial charge in [0.05, 0.1) is 16.4 Å². The van der Waals surface area contributed by atoms with Crippen molar-refractivity contribution in [2.24, 2.45) is 5.92 Å². The van der Waals surface area contributed by atoms with Gasteiger partial charge in [-0.05, 0) is 22.0 Å². The van der Waals surface area contributed by atoms with Crippen LogP contribution in [0.3, 0.4) is 0 Å². The minimum absolute atomic E-state index is 0.0121. The third-order valence-corrected chi connectivity index (χ3v) is 3.59. The van der Waals surface area contributed by atoms with Gasteiger partial charge in [0.15, 0.2) is 0 Å². The quantitative estimate of drug-likeness (QED) is 0.589. The van der Waals surface area contributed by atoms with Crippen LogP contribution >= 0.6 is 27.5 Å². The second kappa shape index (κ2) is 4.44. The SMILES string of the molecule is C#CC1CC(=O)N(c2cnc(Cl)c(Br)c2)C1. The maximum absolute atomic E-state index is 11.7. The van der Waals surface area contributed by atoms with E-state index in [1.165, 1.54) is 0 Å². The summed E-state index contributed by atoms with van der Waals surface area (Å²) >= 11 is 9.06. The van der Waals surface area contributed by atoms with Gasteiger partial charge in [-0.3, -0.25) is 4.79 Å². The molecule has 1 unspecified atom stereocenters. The van der Waals surface area contributed by atoms with Gasteiger partial charge in [-0.2, -0.15) is 0 Å². The normalized spacial score (nSPS) is 19.9. The Morgan fingerprint density at radius 1 is 1.69 bits per heavy atom. The van der Waals surface area contributed by atoms with E-state index in [-0.39, 0.29) is 11.8 Å². The lowest BCUT2D eigenvalue weighted by Crippen LogP contribution is -2.24. The van der Waals surface area contributed by atoms with Gasteiger partial charge < -0.3 is 4.90 Å². The van der Waals surface area contributed by atoms with Gasteiger partial charge in [0.2, 0.25) is 5.91 Å². The summed E-state index contributed by atoms with van der Waals surface area (Å²) in [5.41, 5.74) is 0.721. The Morgan fingerprint density at radius 2 is 2.44 bits per heavy atom. The zero-order valence-electron chi connectivity index (χ0n) is 8.28. The Bertz CT molecular complexity index is 483. The molecule has 1 fully saturated rings. The van der Waals surface area contributed by atoms with Crippen molar-refractivity contribution in [2.75, 3.05) is 11.4 Å². The minimum Gasteiger partial charge on any atom is -0.310 e. The highest BCUT2D eigenvalue weighted by atomic mass is 79.9. The maximum atomic E-state index is 11.7. The van der Waals surface area contributed by atoms with Gasteiger partial charge in [0.1, 0.15) is 5.15 Å². The molecule has 1 saturated heterocycles. The molecule has 1 aromatic rings. The summed E-state index contributed by atoms with van der Waals surface area (Å²) < 4.78 is 0.670. The summed E-state index contributed by atoms with van der Waals surface area (Å²) in [6.07, 6.45) is 7.29. The number of carbonyl (C=O) groups is 1. The van der Waals surface area contributed by atoms with Gasteiger partial charge >= 0.3 is 0 Å². The summed E-state index contributed by atoms with van der Waals surface area (Å²) in [5, 5.41) is 0.379. The number of anilines is 1. The van der Waals surface area contributed by atoms with Crippen LogP contribution in [0.15, 0.2) is 16.7 Å². The van der Waals surface area contributed by atoms with Crippen LogP contribution in [0.25, 0.3) is 0 Å². The predicted molar refractivity (Wildman–Crippen MR) is 66.2 cm³/mol. The molecule has 1 aromatic heterocycles. The number of rotatable bonds is 1. The average Bonchev–Trinajstić information content (AvgIpc) is 2.64. The van der Waals surface area contributed by atoms with E-state index in [1.807, 2.05) is 0 Å². The van der Waals surface area contributed by atoms with Crippen molar-refractivity contribution in [1.29, 1.82) is 0 Å². The summed E-state index contributed by atoms with van der Waals surface area (Å²) in [6.45, 7) is 0.547. The van der Waals surface area contributed by atoms with E-state index in [0.717, 1.165) is 5.69 Å². The molecule has 1 atom stereocenters. The highest BCUT2D eigenvalue weighted by molar-refractivity contribution is 9.10. The van der Waals surface area contributed by atoms with Crippen LogP contribution in [0.5, 0.6) is 0 Å². The Balaban J connectivity index is 2.29. The van der Waals surface area contributed by atoms with Crippen LogP contribution in [0.1, 0.15) is 6.42 Å². The lowest BCUT2D eigenvalue weighted by Gasteiger charge is -2.15. The van der Waals surface area contributed by atoms with E-state index in [4.69, 9.17) is 18.0 Å². The lowest BCUT2D eigenvalue weighted by molar-refractivity contribution is -0.117. The number of terminal acetylenes is 1. The molecule has 3 nitrogen and oxygen atoms in total. The van der Waals surface area contributed by atoms with Crippen molar-refractivity contribution in [3.05, 3.63) is 21.9 Å². The van der Waals surface area contributed by atoms with Gasteiger partial charge in [-0.15, -0.1) is 12.3 Å². The molecule has 0 aliphatic carbocycles. The maximum Gasteiger partial charge on any atom is 0.228 e. The first kappa shape index (κ1) is 11.4. The third-order valence-electron chi connectivity index (χ3n) is 2.45. The number of amides is 1. The van der Waals surface area contributed by atoms with Crippen molar-refractivity contribution in [3.63, 3.8) is 0 Å². The molecule has 0 radical (unpaired) electrons. The van der Waals surface area contributed by atoms with Gasteiger partial charge in [0, 0.05) is 18.9 Å². The molecule has 0 N–H and O–H groups in total. The largest absolute Gasteiger partial charge is 0.310 e. The van der Waals surface area contributed by atoms with Crippen LogP contribution < -0.4 is 4.90 Å². The smallest absolute Gasteiger partial charge is 0.228 e. The first-order chi connectivity index (χ1) is 7.61. The molecular weight excluding hydrogens is 291 g/mol. The van der Waals surface area contributed by atoms with Crippen LogP contribution in [0.2, 0.25) is 5.15 Å². The van der Waals surface area contributed by atoms with Gasteiger partial charge in [-0.25, -0.2) is 4.98 Å². The molecule has 0 bridgehead atoms. The molecule has 0 aromatic carbocycles. The number of pyridine rings is 1. The van der Waals surface area contributed by atoms with E-state index in [0.29, 0.717) is 22.6 Å². The Labute approximate surface area is 107 Å². The summed E-state index contributed by atoms with van der Waals surface area (Å²) in [5.74, 6) is 2.61. The van der Waals surface area contributed by atoms with E-state index in [2.05, 4.69) is 26.8 Å². The molecule has 0 spiro atoms. The summed E-state index contributed by atoms with van der Waals surface area (Å²) in [4.78, 5) is 17.3. The molecule has 0 saturated carbocycles. The first-order valence-electron chi connectivity index (χ1n) is 4.69. The van der Waals surface area contributed by atoms with Crippen molar-refractivity contribution >= 4 is 39.1 Å². The van der Waals surface area contributed by atoms with E-state index in [1.54, 1.807) is 17.2 Å².